The van der Waals surface area contributed by atoms with Crippen LogP contribution < -0.4 is 0 Å². The maximum absolute atomic E-state index is 10.5. The Hall–Kier alpha value is -1.69. The summed E-state index contributed by atoms with van der Waals surface area (Å²) in [5.74, 6) is 0.275. The van der Waals surface area contributed by atoms with E-state index in [1.165, 1.54) is 0 Å². The van der Waals surface area contributed by atoms with Crippen LogP contribution in [0.25, 0.3) is 10.9 Å². The molecular weight excluding hydrogens is 268 g/mol. The van der Waals surface area contributed by atoms with Gasteiger partial charge in [-0.3, -0.25) is 9.88 Å². The average Bonchev–Trinajstić information content (AvgIpc) is 2.53. The van der Waals surface area contributed by atoms with Gasteiger partial charge in [0.2, 0.25) is 0 Å². The highest BCUT2D eigenvalue weighted by molar-refractivity contribution is 5.88. The Labute approximate surface area is 124 Å². The van der Waals surface area contributed by atoms with Gasteiger partial charge in [-0.1, -0.05) is 6.07 Å². The number of methoxy groups -OCH3 is 1. The summed E-state index contributed by atoms with van der Waals surface area (Å²) in [7, 11) is 1.68. The number of hydrogen-bond donors (Lipinski definition) is 1. The molecule has 0 amide bonds. The molecule has 1 aliphatic rings. The number of phenolic OH excluding ortho intramolecular Hbond substituents is 1. The van der Waals surface area contributed by atoms with Gasteiger partial charge in [0.05, 0.1) is 19.8 Å². The highest BCUT2D eigenvalue weighted by Crippen LogP contribution is 2.31. The van der Waals surface area contributed by atoms with Gasteiger partial charge in [0.15, 0.2) is 0 Å². The van der Waals surface area contributed by atoms with Gasteiger partial charge >= 0.3 is 0 Å². The average molecular weight is 288 g/mol. The summed E-state index contributed by atoms with van der Waals surface area (Å²) in [5.41, 5.74) is 2.60. The number of rotatable bonds is 4. The lowest BCUT2D eigenvalue weighted by atomic mass is 10.0. The van der Waals surface area contributed by atoms with Crippen molar-refractivity contribution in [1.82, 2.24) is 9.88 Å². The molecule has 1 aliphatic heterocycles. The Morgan fingerprint density at radius 2 is 2.14 bits per heavy atom. The van der Waals surface area contributed by atoms with Crippen molar-refractivity contribution < 1.29 is 14.6 Å². The molecule has 1 fully saturated rings. The molecule has 0 saturated carbocycles. The number of morpholine rings is 1. The lowest BCUT2D eigenvalue weighted by molar-refractivity contribution is 0.0339. The molecule has 0 aliphatic carbocycles. The van der Waals surface area contributed by atoms with E-state index in [1.807, 2.05) is 18.2 Å². The second-order valence-corrected chi connectivity index (χ2v) is 5.26. The molecule has 1 aromatic heterocycles. The first-order valence-corrected chi connectivity index (χ1v) is 7.17. The van der Waals surface area contributed by atoms with Gasteiger partial charge in [-0.05, 0) is 17.7 Å². The molecule has 0 unspecified atom stereocenters. The molecule has 0 bridgehead atoms. The number of benzene rings is 1. The molecule has 112 valence electrons. The van der Waals surface area contributed by atoms with Crippen LogP contribution >= 0.6 is 0 Å². The Morgan fingerprint density at radius 3 is 2.90 bits per heavy atom. The topological polar surface area (TPSA) is 54.8 Å². The Morgan fingerprint density at radius 1 is 1.33 bits per heavy atom. The number of nitrogens with zero attached hydrogens (tertiary/aromatic N) is 2. The van der Waals surface area contributed by atoms with Crippen LogP contribution in [0.4, 0.5) is 0 Å². The standard InChI is InChI=1S/C16H20N2O3/c1-20-11-13-9-12(10-18-5-7-21-8-6-18)16(19)15-14(13)3-2-4-17-15/h2-4,9,19H,5-8,10-11H2,1H3. The second-order valence-electron chi connectivity index (χ2n) is 5.26. The minimum atomic E-state index is 0.275. The van der Waals surface area contributed by atoms with Crippen LogP contribution in [-0.4, -0.2) is 48.4 Å². The van der Waals surface area contributed by atoms with E-state index >= 15 is 0 Å². The number of phenols is 1. The molecule has 1 aromatic carbocycles. The van der Waals surface area contributed by atoms with E-state index in [4.69, 9.17) is 9.47 Å². The zero-order chi connectivity index (χ0) is 14.7. The lowest BCUT2D eigenvalue weighted by Crippen LogP contribution is -2.35. The van der Waals surface area contributed by atoms with Crippen molar-refractivity contribution in [1.29, 1.82) is 0 Å². The van der Waals surface area contributed by atoms with Crippen molar-refractivity contribution in [2.24, 2.45) is 0 Å². The normalized spacial score (nSPS) is 16.4. The van der Waals surface area contributed by atoms with Crippen molar-refractivity contribution in [3.05, 3.63) is 35.5 Å². The predicted octanol–water partition coefficient (Wildman–Crippen LogP) is 1.92. The number of pyridine rings is 1. The lowest BCUT2D eigenvalue weighted by Gasteiger charge is -2.27. The highest BCUT2D eigenvalue weighted by atomic mass is 16.5. The zero-order valence-corrected chi connectivity index (χ0v) is 12.2. The molecule has 0 atom stereocenters. The van der Waals surface area contributed by atoms with Gasteiger partial charge in [0.1, 0.15) is 11.3 Å². The summed E-state index contributed by atoms with van der Waals surface area (Å²) in [6.45, 7) is 4.49. The molecule has 1 N–H and O–H groups in total. The minimum absolute atomic E-state index is 0.275. The summed E-state index contributed by atoms with van der Waals surface area (Å²) >= 11 is 0. The first-order chi connectivity index (χ1) is 10.3. The van der Waals surface area contributed by atoms with Crippen LogP contribution in [0.2, 0.25) is 0 Å². The quantitative estimate of drug-likeness (QED) is 0.931. The van der Waals surface area contributed by atoms with Crippen molar-refractivity contribution in [2.45, 2.75) is 13.2 Å². The van der Waals surface area contributed by atoms with E-state index in [-0.39, 0.29) is 5.75 Å². The minimum Gasteiger partial charge on any atom is -0.505 e. The molecule has 21 heavy (non-hydrogen) atoms. The van der Waals surface area contributed by atoms with Crippen LogP contribution in [0.15, 0.2) is 24.4 Å². The van der Waals surface area contributed by atoms with E-state index in [1.54, 1.807) is 13.3 Å². The molecular formula is C16H20N2O3. The SMILES string of the molecule is COCc1cc(CN2CCOCC2)c(O)c2ncccc12. The zero-order valence-electron chi connectivity index (χ0n) is 12.2. The fourth-order valence-electron chi connectivity index (χ4n) is 2.76. The number of ether oxygens (including phenoxy) is 2. The van der Waals surface area contributed by atoms with Gasteiger partial charge < -0.3 is 14.6 Å². The smallest absolute Gasteiger partial charge is 0.146 e. The fraction of sp³-hybridized carbons (Fsp3) is 0.438. The summed E-state index contributed by atoms with van der Waals surface area (Å²) in [5, 5.41) is 11.5. The van der Waals surface area contributed by atoms with E-state index in [0.29, 0.717) is 18.7 Å². The van der Waals surface area contributed by atoms with Gasteiger partial charge in [-0.2, -0.15) is 0 Å². The third-order valence-electron chi connectivity index (χ3n) is 3.83. The first-order valence-electron chi connectivity index (χ1n) is 7.17. The van der Waals surface area contributed by atoms with Crippen molar-refractivity contribution in [2.75, 3.05) is 33.4 Å². The van der Waals surface area contributed by atoms with Gasteiger partial charge in [-0.15, -0.1) is 0 Å². The number of hydrogen-bond acceptors (Lipinski definition) is 5. The maximum atomic E-state index is 10.5. The summed E-state index contributed by atoms with van der Waals surface area (Å²) in [4.78, 5) is 6.61. The summed E-state index contributed by atoms with van der Waals surface area (Å²) in [6, 6.07) is 5.87. The van der Waals surface area contributed by atoms with Crippen molar-refractivity contribution in [3.63, 3.8) is 0 Å². The predicted molar refractivity (Wildman–Crippen MR) is 80.2 cm³/mol. The Kier molecular flexibility index (Phi) is 4.34. The molecule has 5 heteroatoms. The van der Waals surface area contributed by atoms with Crippen molar-refractivity contribution >= 4 is 10.9 Å². The van der Waals surface area contributed by atoms with Gasteiger partial charge in [0.25, 0.3) is 0 Å². The van der Waals surface area contributed by atoms with Gasteiger partial charge in [-0.25, -0.2) is 0 Å². The number of aromatic nitrogens is 1. The van der Waals surface area contributed by atoms with E-state index in [2.05, 4.69) is 9.88 Å². The third-order valence-corrected chi connectivity index (χ3v) is 3.83. The van der Waals surface area contributed by atoms with Crippen LogP contribution in [0, 0.1) is 0 Å². The first kappa shape index (κ1) is 14.3. The Bertz CT molecular complexity index is 624. The van der Waals surface area contributed by atoms with Crippen LogP contribution in [-0.2, 0) is 22.6 Å². The second kappa shape index (κ2) is 6.39. The molecule has 5 nitrogen and oxygen atoms in total. The monoisotopic (exact) mass is 288 g/mol. The van der Waals surface area contributed by atoms with Crippen molar-refractivity contribution in [3.8, 4) is 5.75 Å². The largest absolute Gasteiger partial charge is 0.505 e. The van der Waals surface area contributed by atoms with E-state index < -0.39 is 0 Å². The van der Waals surface area contributed by atoms with Crippen LogP contribution in [0.1, 0.15) is 11.1 Å². The van der Waals surface area contributed by atoms with E-state index in [0.717, 1.165) is 42.8 Å². The Balaban J connectivity index is 1.99. The number of aromatic hydroxyl groups is 1. The molecule has 1 saturated heterocycles. The maximum Gasteiger partial charge on any atom is 0.146 e. The molecule has 2 aromatic rings. The highest BCUT2D eigenvalue weighted by Gasteiger charge is 2.16. The molecule has 0 spiro atoms. The molecule has 0 radical (unpaired) electrons. The van der Waals surface area contributed by atoms with Crippen LogP contribution in [0.3, 0.4) is 0 Å². The molecule has 3 rings (SSSR count). The summed E-state index contributed by atoms with van der Waals surface area (Å²) < 4.78 is 10.6. The van der Waals surface area contributed by atoms with E-state index in [9.17, 15) is 5.11 Å². The summed E-state index contributed by atoms with van der Waals surface area (Å²) in [6.07, 6.45) is 1.71. The fourth-order valence-corrected chi connectivity index (χ4v) is 2.76. The third kappa shape index (κ3) is 3.00. The van der Waals surface area contributed by atoms with Gasteiger partial charge in [0, 0.05) is 43.9 Å². The van der Waals surface area contributed by atoms with Crippen LogP contribution in [0.5, 0.6) is 5.75 Å². The molecule has 2 heterocycles. The number of fused-ring (bicyclic) bond motifs is 1.